The molecule has 0 aliphatic rings. The van der Waals surface area contributed by atoms with Crippen molar-refractivity contribution < 1.29 is 4.74 Å². The van der Waals surface area contributed by atoms with Gasteiger partial charge in [0.15, 0.2) is 0 Å². The molecule has 2 atom stereocenters. The Morgan fingerprint density at radius 3 is 2.56 bits per heavy atom. The Balaban J connectivity index is 2.25. The van der Waals surface area contributed by atoms with Crippen molar-refractivity contribution in [1.82, 2.24) is 0 Å². The summed E-state index contributed by atoms with van der Waals surface area (Å²) in [5.74, 6) is 0.782. The molecular weight excluding hydrogens is 334 g/mol. The van der Waals surface area contributed by atoms with Gasteiger partial charge in [0.1, 0.15) is 11.9 Å². The summed E-state index contributed by atoms with van der Waals surface area (Å²) in [6.45, 7) is 1.93. The number of hydrogen-bond donors (Lipinski definition) is 1. The molecule has 18 heavy (non-hydrogen) atoms. The van der Waals surface area contributed by atoms with Crippen LogP contribution in [0.25, 0.3) is 0 Å². The maximum Gasteiger partial charge on any atom is 0.148 e. The summed E-state index contributed by atoms with van der Waals surface area (Å²) in [7, 11) is 0. The van der Waals surface area contributed by atoms with Crippen LogP contribution in [0.1, 0.15) is 17.9 Å². The highest BCUT2D eigenvalue weighted by Crippen LogP contribution is 2.34. The van der Waals surface area contributed by atoms with Gasteiger partial charge in [0.2, 0.25) is 0 Å². The molecule has 0 amide bonds. The van der Waals surface area contributed by atoms with E-state index in [1.165, 1.54) is 11.3 Å². The quantitative estimate of drug-likeness (QED) is 0.876. The van der Waals surface area contributed by atoms with E-state index in [1.54, 1.807) is 0 Å². The molecule has 0 saturated carbocycles. The number of ether oxygens (including phenoxy) is 1. The van der Waals surface area contributed by atoms with Gasteiger partial charge in [-0.2, -0.15) is 0 Å². The molecule has 1 heterocycles. The zero-order valence-electron chi connectivity index (χ0n) is 9.77. The molecule has 0 fully saturated rings. The standard InChI is InChI=1S/C13H13BrClNOS/c1-8(16)13(11-6-7-12(15)18-11)17-10-5-3-2-4-9(10)14/h2-8,13H,16H2,1H3. The lowest BCUT2D eigenvalue weighted by Gasteiger charge is -2.22. The van der Waals surface area contributed by atoms with Crippen molar-refractivity contribution in [2.24, 2.45) is 5.73 Å². The van der Waals surface area contributed by atoms with Crippen LogP contribution in [0.15, 0.2) is 40.9 Å². The van der Waals surface area contributed by atoms with Gasteiger partial charge in [0, 0.05) is 10.9 Å². The van der Waals surface area contributed by atoms with Crippen molar-refractivity contribution in [1.29, 1.82) is 0 Å². The Morgan fingerprint density at radius 1 is 1.28 bits per heavy atom. The summed E-state index contributed by atoms with van der Waals surface area (Å²) in [6.07, 6.45) is -0.193. The fourth-order valence-corrected chi connectivity index (χ4v) is 3.17. The minimum absolute atomic E-state index is 0.119. The van der Waals surface area contributed by atoms with Gasteiger partial charge >= 0.3 is 0 Å². The van der Waals surface area contributed by atoms with Crippen LogP contribution in [0, 0.1) is 0 Å². The number of thiophene rings is 1. The molecule has 2 aromatic rings. The number of benzene rings is 1. The van der Waals surface area contributed by atoms with Crippen molar-refractivity contribution in [3.8, 4) is 5.75 Å². The second kappa shape index (κ2) is 6.06. The van der Waals surface area contributed by atoms with Gasteiger partial charge in [-0.15, -0.1) is 11.3 Å². The van der Waals surface area contributed by atoms with E-state index in [2.05, 4.69) is 15.9 Å². The molecule has 2 nitrogen and oxygen atoms in total. The maximum absolute atomic E-state index is 6.00. The highest BCUT2D eigenvalue weighted by Gasteiger charge is 2.21. The lowest BCUT2D eigenvalue weighted by molar-refractivity contribution is 0.183. The zero-order chi connectivity index (χ0) is 13.1. The van der Waals surface area contributed by atoms with E-state index in [1.807, 2.05) is 43.3 Å². The summed E-state index contributed by atoms with van der Waals surface area (Å²) in [4.78, 5) is 1.03. The normalized spacial score (nSPS) is 14.2. The van der Waals surface area contributed by atoms with E-state index >= 15 is 0 Å². The summed E-state index contributed by atoms with van der Waals surface area (Å²) >= 11 is 10.9. The van der Waals surface area contributed by atoms with Crippen molar-refractivity contribution >= 4 is 38.9 Å². The Bertz CT molecular complexity index is 529. The van der Waals surface area contributed by atoms with E-state index in [0.717, 1.165) is 19.4 Å². The summed E-state index contributed by atoms with van der Waals surface area (Å²) in [5.41, 5.74) is 6.00. The summed E-state index contributed by atoms with van der Waals surface area (Å²) in [6, 6.07) is 11.4. The van der Waals surface area contributed by atoms with Crippen LogP contribution in [-0.4, -0.2) is 6.04 Å². The molecule has 0 spiro atoms. The molecule has 0 aliphatic heterocycles. The van der Waals surface area contributed by atoms with Crippen LogP contribution in [0.2, 0.25) is 4.34 Å². The van der Waals surface area contributed by atoms with Gasteiger partial charge < -0.3 is 10.5 Å². The summed E-state index contributed by atoms with van der Waals surface area (Å²) in [5, 5.41) is 0. The van der Waals surface area contributed by atoms with Crippen molar-refractivity contribution in [3.63, 3.8) is 0 Å². The predicted octanol–water partition coefficient (Wildman–Crippen LogP) is 4.63. The van der Waals surface area contributed by atoms with E-state index in [0.29, 0.717) is 0 Å². The summed E-state index contributed by atoms with van der Waals surface area (Å²) < 4.78 is 7.64. The van der Waals surface area contributed by atoms with Gasteiger partial charge in [-0.05, 0) is 47.1 Å². The monoisotopic (exact) mass is 345 g/mol. The van der Waals surface area contributed by atoms with Crippen molar-refractivity contribution in [3.05, 3.63) is 50.1 Å². The van der Waals surface area contributed by atoms with E-state index < -0.39 is 0 Å². The Labute approximate surface area is 124 Å². The van der Waals surface area contributed by atoms with Crippen LogP contribution >= 0.6 is 38.9 Å². The molecule has 2 unspecified atom stereocenters. The van der Waals surface area contributed by atoms with Crippen LogP contribution in [-0.2, 0) is 0 Å². The highest BCUT2D eigenvalue weighted by molar-refractivity contribution is 9.10. The molecular formula is C13H13BrClNOS. The molecule has 0 aliphatic carbocycles. The van der Waals surface area contributed by atoms with Crippen LogP contribution < -0.4 is 10.5 Å². The van der Waals surface area contributed by atoms with Crippen LogP contribution in [0.5, 0.6) is 5.75 Å². The van der Waals surface area contributed by atoms with E-state index in [-0.39, 0.29) is 12.1 Å². The highest BCUT2D eigenvalue weighted by atomic mass is 79.9. The Morgan fingerprint density at radius 2 is 2.00 bits per heavy atom. The first-order valence-electron chi connectivity index (χ1n) is 5.50. The minimum atomic E-state index is -0.193. The molecule has 0 radical (unpaired) electrons. The topological polar surface area (TPSA) is 35.2 Å². The lowest BCUT2D eigenvalue weighted by Crippen LogP contribution is -2.28. The second-order valence-electron chi connectivity index (χ2n) is 3.97. The fraction of sp³-hybridized carbons (Fsp3) is 0.231. The molecule has 96 valence electrons. The first-order chi connectivity index (χ1) is 8.58. The second-order valence-corrected chi connectivity index (χ2v) is 6.57. The van der Waals surface area contributed by atoms with Crippen LogP contribution in [0.4, 0.5) is 0 Å². The van der Waals surface area contributed by atoms with E-state index in [4.69, 9.17) is 22.1 Å². The average molecular weight is 347 g/mol. The van der Waals surface area contributed by atoms with Gasteiger partial charge in [-0.3, -0.25) is 0 Å². The number of hydrogen-bond acceptors (Lipinski definition) is 3. The van der Waals surface area contributed by atoms with Gasteiger partial charge in [-0.1, -0.05) is 23.7 Å². The van der Waals surface area contributed by atoms with Crippen molar-refractivity contribution in [2.75, 3.05) is 0 Å². The van der Waals surface area contributed by atoms with E-state index in [9.17, 15) is 0 Å². The largest absolute Gasteiger partial charge is 0.482 e. The Kier molecular flexibility index (Phi) is 4.67. The number of halogens is 2. The zero-order valence-corrected chi connectivity index (χ0v) is 12.9. The molecule has 1 aromatic heterocycles. The maximum atomic E-state index is 6.00. The third-order valence-electron chi connectivity index (χ3n) is 2.44. The van der Waals surface area contributed by atoms with Crippen molar-refractivity contribution in [2.45, 2.75) is 19.1 Å². The van der Waals surface area contributed by atoms with Gasteiger partial charge in [0.05, 0.1) is 8.81 Å². The molecule has 5 heteroatoms. The fourth-order valence-electron chi connectivity index (χ4n) is 1.58. The van der Waals surface area contributed by atoms with Gasteiger partial charge in [0.25, 0.3) is 0 Å². The molecule has 0 saturated heterocycles. The average Bonchev–Trinajstić information content (AvgIpc) is 2.74. The number of rotatable bonds is 4. The molecule has 2 N–H and O–H groups in total. The lowest BCUT2D eigenvalue weighted by atomic mass is 10.1. The number of nitrogens with two attached hydrogens (primary N) is 1. The van der Waals surface area contributed by atoms with Gasteiger partial charge in [-0.25, -0.2) is 0 Å². The molecule has 2 rings (SSSR count). The first kappa shape index (κ1) is 13.9. The SMILES string of the molecule is CC(N)C(Oc1ccccc1Br)c1ccc(Cl)s1. The molecule has 1 aromatic carbocycles. The third-order valence-corrected chi connectivity index (χ3v) is 4.39. The van der Waals surface area contributed by atoms with Crippen LogP contribution in [0.3, 0.4) is 0 Å². The Hall–Kier alpha value is -0.550. The molecule has 0 bridgehead atoms. The third kappa shape index (κ3) is 3.26. The first-order valence-corrected chi connectivity index (χ1v) is 7.48. The predicted molar refractivity (Wildman–Crippen MR) is 80.5 cm³/mol. The smallest absolute Gasteiger partial charge is 0.148 e. The minimum Gasteiger partial charge on any atom is -0.482 e. The number of para-hydroxylation sites is 1.